The molecule has 3 nitrogen and oxygen atoms in total. The Balaban J connectivity index is 2.09. The van der Waals surface area contributed by atoms with E-state index in [0.29, 0.717) is 0 Å². The molecule has 3 rings (SSSR count). The average Bonchev–Trinajstić information content (AvgIpc) is 2.45. The third-order valence-electron chi connectivity index (χ3n) is 3.05. The molecule has 1 heterocycles. The zero-order valence-electron chi connectivity index (χ0n) is 10.4. The number of halogens is 2. The molecule has 0 unspecified atom stereocenters. The summed E-state index contributed by atoms with van der Waals surface area (Å²) in [5.74, 6) is 0. The van der Waals surface area contributed by atoms with Gasteiger partial charge in [0, 0.05) is 43.5 Å². The molecule has 0 aliphatic rings. The van der Waals surface area contributed by atoms with E-state index in [2.05, 4.69) is 42.2 Å². The van der Waals surface area contributed by atoms with Crippen LogP contribution in [0.15, 0.2) is 57.7 Å². The van der Waals surface area contributed by atoms with Crippen molar-refractivity contribution in [2.45, 2.75) is 0 Å². The number of fused-ring (bicyclic) bond motifs is 1. The minimum atomic E-state index is 0.730. The Hall–Kier alpha value is -1.59. The Bertz CT molecular complexity index is 787. The summed E-state index contributed by atoms with van der Waals surface area (Å²) in [5.41, 5.74) is 8.71. The van der Waals surface area contributed by atoms with Gasteiger partial charge in [0.05, 0.1) is 5.69 Å². The predicted octanol–water partition coefficient (Wildman–Crippen LogP) is 5.09. The number of nitrogen functional groups attached to an aromatic ring is 1. The average molecular weight is 393 g/mol. The second-order valence-corrected chi connectivity index (χ2v) is 6.14. The maximum absolute atomic E-state index is 5.99. The molecule has 0 aliphatic heterocycles. The second kappa shape index (κ2) is 5.42. The summed E-state index contributed by atoms with van der Waals surface area (Å²) in [5, 5.41) is 5.42. The van der Waals surface area contributed by atoms with E-state index < -0.39 is 0 Å². The van der Waals surface area contributed by atoms with E-state index in [9.17, 15) is 0 Å². The fourth-order valence-corrected chi connectivity index (χ4v) is 3.20. The third kappa shape index (κ3) is 2.51. The Morgan fingerprint density at radius 1 is 0.950 bits per heavy atom. The van der Waals surface area contributed by atoms with Crippen LogP contribution >= 0.6 is 31.9 Å². The molecular weight excluding hydrogens is 382 g/mol. The molecule has 0 atom stereocenters. The zero-order chi connectivity index (χ0) is 14.1. The number of hydrogen-bond acceptors (Lipinski definition) is 3. The molecule has 1 aromatic heterocycles. The first kappa shape index (κ1) is 13.4. The van der Waals surface area contributed by atoms with Gasteiger partial charge in [0.1, 0.15) is 0 Å². The number of benzene rings is 2. The lowest BCUT2D eigenvalue weighted by molar-refractivity contribution is 1.36. The molecule has 0 radical (unpaired) electrons. The Kier molecular flexibility index (Phi) is 3.63. The van der Waals surface area contributed by atoms with Gasteiger partial charge in [-0.25, -0.2) is 0 Å². The van der Waals surface area contributed by atoms with Gasteiger partial charge in [-0.2, -0.15) is 0 Å². The van der Waals surface area contributed by atoms with E-state index in [1.807, 2.05) is 36.4 Å². The lowest BCUT2D eigenvalue weighted by Crippen LogP contribution is -1.95. The summed E-state index contributed by atoms with van der Waals surface area (Å²) in [4.78, 5) is 4.13. The largest absolute Gasteiger partial charge is 0.398 e. The summed E-state index contributed by atoms with van der Waals surface area (Å²) in [6.07, 6.45) is 3.55. The molecule has 20 heavy (non-hydrogen) atoms. The predicted molar refractivity (Wildman–Crippen MR) is 91.3 cm³/mol. The highest BCUT2D eigenvalue weighted by molar-refractivity contribution is 9.11. The van der Waals surface area contributed by atoms with Crippen LogP contribution in [-0.4, -0.2) is 4.98 Å². The van der Waals surface area contributed by atoms with Crippen LogP contribution in [0.2, 0.25) is 0 Å². The number of nitrogens with one attached hydrogen (secondary N) is 1. The third-order valence-corrected chi connectivity index (χ3v) is 4.20. The molecular formula is C15H11Br2N3. The van der Waals surface area contributed by atoms with Crippen LogP contribution in [0.5, 0.6) is 0 Å². The van der Waals surface area contributed by atoms with Crippen LogP contribution in [0, 0.1) is 0 Å². The first-order valence-electron chi connectivity index (χ1n) is 5.99. The molecule has 2 aromatic carbocycles. The highest BCUT2D eigenvalue weighted by Crippen LogP contribution is 2.33. The van der Waals surface area contributed by atoms with Crippen molar-refractivity contribution >= 4 is 59.7 Å². The maximum Gasteiger partial charge on any atom is 0.0529 e. The van der Waals surface area contributed by atoms with Crippen molar-refractivity contribution in [3.05, 3.63) is 57.7 Å². The van der Waals surface area contributed by atoms with Gasteiger partial charge in [0.2, 0.25) is 0 Å². The molecule has 0 spiro atoms. The molecule has 0 saturated carbocycles. The van der Waals surface area contributed by atoms with E-state index in [1.165, 1.54) is 0 Å². The van der Waals surface area contributed by atoms with Gasteiger partial charge >= 0.3 is 0 Å². The first-order chi connectivity index (χ1) is 9.65. The van der Waals surface area contributed by atoms with E-state index in [1.54, 1.807) is 12.4 Å². The minimum Gasteiger partial charge on any atom is -0.398 e. The Morgan fingerprint density at radius 2 is 1.75 bits per heavy atom. The molecule has 100 valence electrons. The van der Waals surface area contributed by atoms with Crippen molar-refractivity contribution in [3.8, 4) is 0 Å². The van der Waals surface area contributed by atoms with Gasteiger partial charge in [-0.1, -0.05) is 15.9 Å². The maximum atomic E-state index is 5.99. The number of pyridine rings is 1. The van der Waals surface area contributed by atoms with Gasteiger partial charge in [0.25, 0.3) is 0 Å². The van der Waals surface area contributed by atoms with Crippen LogP contribution in [0.4, 0.5) is 17.1 Å². The molecule has 5 heteroatoms. The topological polar surface area (TPSA) is 50.9 Å². The molecule has 0 saturated heterocycles. The molecule has 0 amide bonds. The standard InChI is InChI=1S/C15H11Br2N3/c16-9-1-3-15(12(17)7-9)20-14-4-2-13(18)11-8-19-6-5-10(11)14/h1-8,20H,18H2. The molecule has 3 N–H and O–H groups in total. The number of nitrogens with two attached hydrogens (primary N) is 1. The smallest absolute Gasteiger partial charge is 0.0529 e. The number of aromatic nitrogens is 1. The lowest BCUT2D eigenvalue weighted by atomic mass is 10.1. The normalized spacial score (nSPS) is 10.7. The van der Waals surface area contributed by atoms with Crippen LogP contribution in [0.3, 0.4) is 0 Å². The molecule has 0 fully saturated rings. The SMILES string of the molecule is Nc1ccc(Nc2ccc(Br)cc2Br)c2ccncc12. The summed E-state index contributed by atoms with van der Waals surface area (Å²) >= 11 is 7.00. The monoisotopic (exact) mass is 391 g/mol. The van der Waals surface area contributed by atoms with Crippen molar-refractivity contribution in [3.63, 3.8) is 0 Å². The van der Waals surface area contributed by atoms with Crippen LogP contribution < -0.4 is 11.1 Å². The van der Waals surface area contributed by atoms with E-state index in [-0.39, 0.29) is 0 Å². The van der Waals surface area contributed by atoms with E-state index >= 15 is 0 Å². The van der Waals surface area contributed by atoms with Crippen molar-refractivity contribution in [1.82, 2.24) is 4.98 Å². The highest BCUT2D eigenvalue weighted by atomic mass is 79.9. The fraction of sp³-hybridized carbons (Fsp3) is 0. The van der Waals surface area contributed by atoms with Gasteiger partial charge in [0.15, 0.2) is 0 Å². The first-order valence-corrected chi connectivity index (χ1v) is 7.58. The lowest BCUT2D eigenvalue weighted by Gasteiger charge is -2.12. The van der Waals surface area contributed by atoms with Gasteiger partial charge in [-0.05, 0) is 52.3 Å². The molecule has 0 aliphatic carbocycles. The van der Waals surface area contributed by atoms with Crippen LogP contribution in [-0.2, 0) is 0 Å². The quantitative estimate of drug-likeness (QED) is 0.597. The Morgan fingerprint density at radius 3 is 2.55 bits per heavy atom. The van der Waals surface area contributed by atoms with Crippen molar-refractivity contribution in [2.75, 3.05) is 11.1 Å². The van der Waals surface area contributed by atoms with E-state index in [4.69, 9.17) is 5.73 Å². The Labute approximate surface area is 133 Å². The summed E-state index contributed by atoms with van der Waals surface area (Å²) < 4.78 is 2.02. The number of hydrogen-bond donors (Lipinski definition) is 2. The van der Waals surface area contributed by atoms with Crippen molar-refractivity contribution in [2.24, 2.45) is 0 Å². The summed E-state index contributed by atoms with van der Waals surface area (Å²) in [6.45, 7) is 0. The minimum absolute atomic E-state index is 0.730. The number of rotatable bonds is 2. The van der Waals surface area contributed by atoms with Crippen LogP contribution in [0.25, 0.3) is 10.8 Å². The summed E-state index contributed by atoms with van der Waals surface area (Å²) in [7, 11) is 0. The van der Waals surface area contributed by atoms with Gasteiger partial charge in [-0.15, -0.1) is 0 Å². The number of anilines is 3. The fourth-order valence-electron chi connectivity index (χ4n) is 2.06. The van der Waals surface area contributed by atoms with Gasteiger partial charge in [-0.3, -0.25) is 4.98 Å². The molecule has 3 aromatic rings. The van der Waals surface area contributed by atoms with Crippen LogP contribution in [0.1, 0.15) is 0 Å². The zero-order valence-corrected chi connectivity index (χ0v) is 13.6. The van der Waals surface area contributed by atoms with E-state index in [0.717, 1.165) is 36.8 Å². The molecule has 0 bridgehead atoms. The summed E-state index contributed by atoms with van der Waals surface area (Å²) in [6, 6.07) is 11.8. The van der Waals surface area contributed by atoms with Gasteiger partial charge < -0.3 is 11.1 Å². The highest BCUT2D eigenvalue weighted by Gasteiger charge is 2.06. The second-order valence-electron chi connectivity index (χ2n) is 4.37. The number of nitrogens with zero attached hydrogens (tertiary/aromatic N) is 1. The van der Waals surface area contributed by atoms with Crippen molar-refractivity contribution < 1.29 is 0 Å². The van der Waals surface area contributed by atoms with Crippen molar-refractivity contribution in [1.29, 1.82) is 0 Å².